The minimum Gasteiger partial charge on any atom is -0.381 e. The summed E-state index contributed by atoms with van der Waals surface area (Å²) in [4.78, 5) is 8.31. The largest absolute Gasteiger partial charge is 0.381 e. The number of ether oxygens (including phenoxy) is 1. The van der Waals surface area contributed by atoms with Crippen LogP contribution in [-0.4, -0.2) is 24.2 Å². The van der Waals surface area contributed by atoms with Crippen molar-refractivity contribution in [3.8, 4) is 0 Å². The molecule has 1 aliphatic rings. The van der Waals surface area contributed by atoms with Gasteiger partial charge in [-0.15, -0.1) is 11.3 Å². The lowest BCUT2D eigenvalue weighted by molar-refractivity contribution is 0.0846. The van der Waals surface area contributed by atoms with Crippen LogP contribution in [0.2, 0.25) is 0 Å². The minimum atomic E-state index is 0.0582. The lowest BCUT2D eigenvalue weighted by Gasteiger charge is -2.19. The highest BCUT2D eigenvalue weighted by molar-refractivity contribution is 7.13. The van der Waals surface area contributed by atoms with E-state index in [1.165, 1.54) is 11.3 Å². The van der Waals surface area contributed by atoms with Gasteiger partial charge < -0.3 is 16.2 Å². The molecule has 1 fully saturated rings. The summed E-state index contributed by atoms with van der Waals surface area (Å²) in [6.45, 7) is 1.64. The van der Waals surface area contributed by atoms with Crippen LogP contribution in [0.4, 0.5) is 5.13 Å². The number of hydrogen-bond acceptors (Lipinski definition) is 4. The van der Waals surface area contributed by atoms with E-state index in [0.29, 0.717) is 11.0 Å². The van der Waals surface area contributed by atoms with Gasteiger partial charge in [0.05, 0.1) is 5.69 Å². The lowest BCUT2D eigenvalue weighted by Crippen LogP contribution is -2.21. The Morgan fingerprint density at radius 3 is 2.87 bits per heavy atom. The molecule has 0 aromatic carbocycles. The summed E-state index contributed by atoms with van der Waals surface area (Å²) in [6, 6.07) is 0. The zero-order valence-electron chi connectivity index (χ0n) is 8.35. The summed E-state index contributed by atoms with van der Waals surface area (Å²) in [5, 5.41) is 2.66. The third-order valence-corrected chi connectivity index (χ3v) is 3.13. The molecular formula is C9H14N4OS. The Morgan fingerprint density at radius 1 is 1.47 bits per heavy atom. The lowest BCUT2D eigenvalue weighted by atomic mass is 9.98. The third-order valence-electron chi connectivity index (χ3n) is 2.37. The van der Waals surface area contributed by atoms with E-state index < -0.39 is 0 Å². The van der Waals surface area contributed by atoms with Crippen LogP contribution in [0.3, 0.4) is 0 Å². The summed E-state index contributed by atoms with van der Waals surface area (Å²) in [7, 11) is 0. The van der Waals surface area contributed by atoms with Crippen molar-refractivity contribution >= 4 is 22.4 Å². The average Bonchev–Trinajstić information content (AvgIpc) is 2.67. The van der Waals surface area contributed by atoms with Crippen molar-refractivity contribution in [2.75, 3.05) is 13.2 Å². The van der Waals surface area contributed by atoms with Gasteiger partial charge in [0.25, 0.3) is 0 Å². The van der Waals surface area contributed by atoms with Crippen molar-refractivity contribution in [1.29, 1.82) is 0 Å². The molecule has 0 bridgehead atoms. The van der Waals surface area contributed by atoms with E-state index in [9.17, 15) is 0 Å². The zero-order chi connectivity index (χ0) is 10.7. The van der Waals surface area contributed by atoms with Crippen molar-refractivity contribution in [2.45, 2.75) is 18.8 Å². The number of hydrogen-bond donors (Lipinski definition) is 2. The molecule has 82 valence electrons. The molecule has 15 heavy (non-hydrogen) atoms. The highest BCUT2D eigenvalue weighted by Gasteiger charge is 2.18. The van der Waals surface area contributed by atoms with E-state index in [1.54, 1.807) is 0 Å². The van der Waals surface area contributed by atoms with Crippen LogP contribution in [0.5, 0.6) is 0 Å². The molecule has 0 radical (unpaired) electrons. The fourth-order valence-corrected chi connectivity index (χ4v) is 2.41. The van der Waals surface area contributed by atoms with Crippen LogP contribution in [0.15, 0.2) is 10.4 Å². The predicted molar refractivity (Wildman–Crippen MR) is 60.4 cm³/mol. The van der Waals surface area contributed by atoms with Crippen molar-refractivity contribution in [1.82, 2.24) is 4.98 Å². The highest BCUT2D eigenvalue weighted by atomic mass is 32.1. The van der Waals surface area contributed by atoms with Gasteiger partial charge in [-0.05, 0) is 12.8 Å². The molecule has 4 N–H and O–H groups in total. The van der Waals surface area contributed by atoms with Gasteiger partial charge in [0.2, 0.25) is 5.13 Å². The quantitative estimate of drug-likeness (QED) is 0.580. The Morgan fingerprint density at radius 2 is 2.20 bits per heavy atom. The molecule has 1 saturated heterocycles. The van der Waals surface area contributed by atoms with Crippen molar-refractivity contribution in [3.63, 3.8) is 0 Å². The monoisotopic (exact) mass is 226 g/mol. The normalized spacial score (nSPS) is 17.6. The fourth-order valence-electron chi connectivity index (χ4n) is 1.62. The first kappa shape index (κ1) is 10.4. The molecule has 2 heterocycles. The first-order valence-electron chi connectivity index (χ1n) is 4.88. The average molecular weight is 226 g/mol. The highest BCUT2D eigenvalue weighted by Crippen LogP contribution is 2.30. The van der Waals surface area contributed by atoms with Gasteiger partial charge in [-0.2, -0.15) is 4.99 Å². The smallest absolute Gasteiger partial charge is 0.212 e. The maximum absolute atomic E-state index is 5.30. The van der Waals surface area contributed by atoms with Crippen LogP contribution in [0, 0.1) is 0 Å². The molecule has 2 rings (SSSR count). The van der Waals surface area contributed by atoms with Crippen molar-refractivity contribution in [2.24, 2.45) is 16.5 Å². The van der Waals surface area contributed by atoms with E-state index >= 15 is 0 Å². The second-order valence-corrected chi connectivity index (χ2v) is 4.31. The van der Waals surface area contributed by atoms with Gasteiger partial charge >= 0.3 is 0 Å². The SMILES string of the molecule is NC(N)=Nc1nc(C2CCOCC2)cs1. The predicted octanol–water partition coefficient (Wildman–Crippen LogP) is 0.942. The molecule has 0 amide bonds. The Bertz CT molecular complexity index is 353. The van der Waals surface area contributed by atoms with E-state index in [0.717, 1.165) is 31.7 Å². The second-order valence-electron chi connectivity index (χ2n) is 3.48. The topological polar surface area (TPSA) is 86.5 Å². The number of nitrogens with zero attached hydrogens (tertiary/aromatic N) is 2. The summed E-state index contributed by atoms with van der Waals surface area (Å²) in [6.07, 6.45) is 2.07. The maximum Gasteiger partial charge on any atom is 0.212 e. The summed E-state index contributed by atoms with van der Waals surface area (Å²) < 4.78 is 5.30. The molecule has 0 atom stereocenters. The third kappa shape index (κ3) is 2.66. The summed E-state index contributed by atoms with van der Waals surface area (Å²) in [5.74, 6) is 0.556. The van der Waals surface area contributed by atoms with Crippen LogP contribution < -0.4 is 11.5 Å². The Labute approximate surface area is 92.2 Å². The molecule has 0 unspecified atom stereocenters. The second kappa shape index (κ2) is 4.59. The molecule has 1 aromatic heterocycles. The number of rotatable bonds is 2. The zero-order valence-corrected chi connectivity index (χ0v) is 9.17. The van der Waals surface area contributed by atoms with E-state index in [2.05, 4.69) is 9.98 Å². The van der Waals surface area contributed by atoms with Gasteiger partial charge in [-0.3, -0.25) is 0 Å². The molecule has 1 aliphatic heterocycles. The standard InChI is InChI=1S/C9H14N4OS/c10-8(11)13-9-12-7(5-15-9)6-1-3-14-4-2-6/h5-6H,1-4H2,(H4,10,11,12,13). The van der Waals surface area contributed by atoms with E-state index in [1.807, 2.05) is 5.38 Å². The molecule has 5 nitrogen and oxygen atoms in total. The first-order valence-corrected chi connectivity index (χ1v) is 5.76. The molecule has 1 aromatic rings. The molecule has 0 saturated carbocycles. The first-order chi connectivity index (χ1) is 7.25. The number of guanidine groups is 1. The Balaban J connectivity index is 2.08. The van der Waals surface area contributed by atoms with Crippen molar-refractivity contribution < 1.29 is 4.74 Å². The van der Waals surface area contributed by atoms with Crippen molar-refractivity contribution in [3.05, 3.63) is 11.1 Å². The van der Waals surface area contributed by atoms with Gasteiger partial charge in [-0.1, -0.05) is 0 Å². The molecule has 0 spiro atoms. The summed E-state index contributed by atoms with van der Waals surface area (Å²) in [5.41, 5.74) is 11.7. The van der Waals surface area contributed by atoms with Crippen LogP contribution in [0.1, 0.15) is 24.5 Å². The number of thiazole rings is 1. The van der Waals surface area contributed by atoms with Gasteiger partial charge in [-0.25, -0.2) is 4.98 Å². The van der Waals surface area contributed by atoms with Crippen LogP contribution >= 0.6 is 11.3 Å². The van der Waals surface area contributed by atoms with E-state index in [-0.39, 0.29) is 5.96 Å². The molecule has 0 aliphatic carbocycles. The number of aliphatic imine (C=N–C) groups is 1. The Kier molecular flexibility index (Phi) is 3.17. The van der Waals surface area contributed by atoms with Crippen LogP contribution in [-0.2, 0) is 4.74 Å². The van der Waals surface area contributed by atoms with Crippen LogP contribution in [0.25, 0.3) is 0 Å². The Hall–Kier alpha value is -1.14. The molecule has 6 heteroatoms. The van der Waals surface area contributed by atoms with Gasteiger partial charge in [0.15, 0.2) is 5.96 Å². The summed E-state index contributed by atoms with van der Waals surface area (Å²) >= 11 is 1.47. The van der Waals surface area contributed by atoms with E-state index in [4.69, 9.17) is 16.2 Å². The number of nitrogens with two attached hydrogens (primary N) is 2. The minimum absolute atomic E-state index is 0.0582. The number of aromatic nitrogens is 1. The fraction of sp³-hybridized carbons (Fsp3) is 0.556. The van der Waals surface area contributed by atoms with Gasteiger partial charge in [0, 0.05) is 24.5 Å². The van der Waals surface area contributed by atoms with Gasteiger partial charge in [0.1, 0.15) is 0 Å². The molecular weight excluding hydrogens is 212 g/mol. The maximum atomic E-state index is 5.30.